The minimum atomic E-state index is -1.32. The van der Waals surface area contributed by atoms with E-state index in [1.807, 2.05) is 0 Å². The first-order valence-electron chi connectivity index (χ1n) is 2.37. The molecule has 1 unspecified atom stereocenters. The average molecular weight is 107 g/mol. The normalized spacial score (nSPS) is 34.3. The summed E-state index contributed by atoms with van der Waals surface area (Å²) in [5, 5.41) is 0.236. The molecule has 7 heavy (non-hydrogen) atoms. The molecule has 0 bridgehead atoms. The highest BCUT2D eigenvalue weighted by molar-refractivity contribution is 4.61. The van der Waals surface area contributed by atoms with Crippen molar-refractivity contribution in [3.05, 3.63) is 0 Å². The number of hydrogen-bond acceptors (Lipinski definition) is 1. The molecule has 1 saturated heterocycles. The summed E-state index contributed by atoms with van der Waals surface area (Å²) in [5.41, 5.74) is 0. The minimum Gasteiger partial charge on any atom is -0.228 e. The van der Waals surface area contributed by atoms with Crippen molar-refractivity contribution in [1.29, 1.82) is 0 Å². The van der Waals surface area contributed by atoms with Crippen LogP contribution in [0.15, 0.2) is 0 Å². The first-order valence-corrected chi connectivity index (χ1v) is 2.37. The van der Waals surface area contributed by atoms with E-state index in [2.05, 4.69) is 0 Å². The second-order valence-electron chi connectivity index (χ2n) is 1.70. The van der Waals surface area contributed by atoms with Crippen LogP contribution >= 0.6 is 0 Å². The summed E-state index contributed by atoms with van der Waals surface area (Å²) in [7, 11) is 0. The standard InChI is InChI=1S/C4H7F2N/c5-4-2-1-3-7(4)6/h4H,1-3H2. The Hall–Kier alpha value is -0.180. The van der Waals surface area contributed by atoms with Crippen LogP contribution in [0.5, 0.6) is 0 Å². The fraction of sp³-hybridized carbons (Fsp3) is 1.00. The van der Waals surface area contributed by atoms with Gasteiger partial charge in [-0.2, -0.15) is 0 Å². The van der Waals surface area contributed by atoms with Gasteiger partial charge in [-0.15, -0.1) is 9.60 Å². The molecule has 1 nitrogen and oxygen atoms in total. The highest BCUT2D eigenvalue weighted by atomic mass is 19.2. The van der Waals surface area contributed by atoms with Crippen molar-refractivity contribution in [2.24, 2.45) is 0 Å². The van der Waals surface area contributed by atoms with E-state index in [1.54, 1.807) is 0 Å². The van der Waals surface area contributed by atoms with E-state index in [0.29, 0.717) is 12.8 Å². The Morgan fingerprint density at radius 2 is 2.29 bits per heavy atom. The van der Waals surface area contributed by atoms with Crippen LogP contribution in [0.3, 0.4) is 0 Å². The summed E-state index contributed by atoms with van der Waals surface area (Å²) < 4.78 is 23.6. The summed E-state index contributed by atoms with van der Waals surface area (Å²) in [6.45, 7) is 0.265. The number of rotatable bonds is 0. The molecule has 1 heterocycles. The van der Waals surface area contributed by atoms with Crippen molar-refractivity contribution in [2.75, 3.05) is 6.54 Å². The van der Waals surface area contributed by atoms with Crippen molar-refractivity contribution < 1.29 is 8.87 Å². The molecule has 0 radical (unpaired) electrons. The van der Waals surface area contributed by atoms with Crippen LogP contribution < -0.4 is 0 Å². The molecule has 0 aromatic carbocycles. The molecular weight excluding hydrogens is 100 g/mol. The third kappa shape index (κ3) is 0.881. The largest absolute Gasteiger partial charge is 0.228 e. The van der Waals surface area contributed by atoms with Crippen LogP contribution in [0.25, 0.3) is 0 Å². The van der Waals surface area contributed by atoms with Gasteiger partial charge in [0.2, 0.25) is 0 Å². The zero-order valence-electron chi connectivity index (χ0n) is 3.90. The smallest absolute Gasteiger partial charge is 0.180 e. The van der Waals surface area contributed by atoms with Crippen LogP contribution in [-0.2, 0) is 0 Å². The van der Waals surface area contributed by atoms with E-state index in [1.165, 1.54) is 0 Å². The van der Waals surface area contributed by atoms with Crippen LogP contribution in [0, 0.1) is 0 Å². The second-order valence-corrected chi connectivity index (χ2v) is 1.70. The molecule has 0 N–H and O–H groups in total. The van der Waals surface area contributed by atoms with Crippen molar-refractivity contribution in [2.45, 2.75) is 19.1 Å². The molecule has 1 aliphatic heterocycles. The zero-order valence-corrected chi connectivity index (χ0v) is 3.90. The fourth-order valence-electron chi connectivity index (χ4n) is 0.691. The summed E-state index contributed by atoms with van der Waals surface area (Å²) in [6.07, 6.45) is -0.311. The van der Waals surface area contributed by atoms with Gasteiger partial charge < -0.3 is 0 Å². The lowest BCUT2D eigenvalue weighted by atomic mass is 10.4. The van der Waals surface area contributed by atoms with Crippen molar-refractivity contribution >= 4 is 0 Å². The van der Waals surface area contributed by atoms with Crippen molar-refractivity contribution in [3.63, 3.8) is 0 Å². The number of nitrogens with zero attached hydrogens (tertiary/aromatic N) is 1. The van der Waals surface area contributed by atoms with Crippen LogP contribution in [0.2, 0.25) is 0 Å². The molecule has 0 aromatic rings. The molecule has 0 saturated carbocycles. The Bertz CT molecular complexity index is 58.7. The Kier molecular flexibility index (Phi) is 1.23. The molecule has 1 fully saturated rings. The lowest BCUT2D eigenvalue weighted by Crippen LogP contribution is -2.14. The monoisotopic (exact) mass is 107 g/mol. The Balaban J connectivity index is 2.33. The molecule has 0 spiro atoms. The predicted octanol–water partition coefficient (Wildman–Crippen LogP) is 1.26. The van der Waals surface area contributed by atoms with Gasteiger partial charge in [-0.05, 0) is 12.8 Å². The Morgan fingerprint density at radius 1 is 1.57 bits per heavy atom. The predicted molar refractivity (Wildman–Crippen MR) is 21.9 cm³/mol. The van der Waals surface area contributed by atoms with Gasteiger partial charge in [0.25, 0.3) is 0 Å². The Morgan fingerprint density at radius 3 is 2.43 bits per heavy atom. The van der Waals surface area contributed by atoms with Gasteiger partial charge in [-0.25, -0.2) is 4.39 Å². The maximum atomic E-state index is 11.9. The van der Waals surface area contributed by atoms with Gasteiger partial charge in [0.15, 0.2) is 6.30 Å². The topological polar surface area (TPSA) is 3.24 Å². The van der Waals surface area contributed by atoms with Crippen LogP contribution in [-0.4, -0.2) is 18.0 Å². The molecule has 0 amide bonds. The van der Waals surface area contributed by atoms with Gasteiger partial charge in [-0.3, -0.25) is 0 Å². The summed E-state index contributed by atoms with van der Waals surface area (Å²) >= 11 is 0. The van der Waals surface area contributed by atoms with Gasteiger partial charge in [0.1, 0.15) is 0 Å². The molecule has 0 aliphatic carbocycles. The van der Waals surface area contributed by atoms with Gasteiger partial charge in [0, 0.05) is 6.54 Å². The number of alkyl halides is 1. The molecule has 3 heteroatoms. The lowest BCUT2D eigenvalue weighted by Gasteiger charge is -2.01. The second kappa shape index (κ2) is 1.74. The minimum absolute atomic E-state index is 0.236. The number of halogens is 2. The molecular formula is C4H7F2N. The summed E-state index contributed by atoms with van der Waals surface area (Å²) in [4.78, 5) is 0. The van der Waals surface area contributed by atoms with E-state index in [-0.39, 0.29) is 11.7 Å². The molecule has 1 rings (SSSR count). The SMILES string of the molecule is FC1CCCN1F. The average Bonchev–Trinajstić information content (AvgIpc) is 1.91. The van der Waals surface area contributed by atoms with Gasteiger partial charge >= 0.3 is 0 Å². The highest BCUT2D eigenvalue weighted by Gasteiger charge is 2.22. The van der Waals surface area contributed by atoms with E-state index < -0.39 is 6.30 Å². The van der Waals surface area contributed by atoms with E-state index in [9.17, 15) is 8.87 Å². The molecule has 42 valence electrons. The Labute approximate surface area is 40.9 Å². The third-order valence-electron chi connectivity index (χ3n) is 1.12. The fourth-order valence-corrected chi connectivity index (χ4v) is 0.691. The lowest BCUT2D eigenvalue weighted by molar-refractivity contribution is -0.0464. The maximum absolute atomic E-state index is 11.9. The first kappa shape index (κ1) is 4.97. The molecule has 1 aliphatic rings. The highest BCUT2D eigenvalue weighted by Crippen LogP contribution is 2.17. The summed E-state index contributed by atoms with van der Waals surface area (Å²) in [6, 6.07) is 0. The first-order chi connectivity index (χ1) is 3.30. The maximum Gasteiger partial charge on any atom is 0.180 e. The summed E-state index contributed by atoms with van der Waals surface area (Å²) in [5.74, 6) is 0. The van der Waals surface area contributed by atoms with Gasteiger partial charge in [-0.1, -0.05) is 0 Å². The molecule has 0 aromatic heterocycles. The number of hydrogen-bond donors (Lipinski definition) is 0. The van der Waals surface area contributed by atoms with E-state index >= 15 is 0 Å². The quantitative estimate of drug-likeness (QED) is 0.333. The van der Waals surface area contributed by atoms with Gasteiger partial charge in [0.05, 0.1) is 0 Å². The van der Waals surface area contributed by atoms with Crippen molar-refractivity contribution in [1.82, 2.24) is 5.12 Å². The van der Waals surface area contributed by atoms with E-state index in [4.69, 9.17) is 0 Å². The molecule has 1 atom stereocenters. The van der Waals surface area contributed by atoms with Crippen LogP contribution in [0.4, 0.5) is 8.87 Å². The van der Waals surface area contributed by atoms with Crippen LogP contribution in [0.1, 0.15) is 12.8 Å². The van der Waals surface area contributed by atoms with E-state index in [0.717, 1.165) is 0 Å². The third-order valence-corrected chi connectivity index (χ3v) is 1.12. The van der Waals surface area contributed by atoms with Crippen molar-refractivity contribution in [3.8, 4) is 0 Å². The zero-order chi connectivity index (χ0) is 5.28.